The number of carbonyl (C=O) groups is 1. The van der Waals surface area contributed by atoms with Crippen LogP contribution in [0.4, 0.5) is 14.5 Å². The molecule has 0 saturated carbocycles. The Bertz CT molecular complexity index is 995. The van der Waals surface area contributed by atoms with Crippen molar-refractivity contribution in [3.05, 3.63) is 65.4 Å². The van der Waals surface area contributed by atoms with Gasteiger partial charge in [0.2, 0.25) is 5.90 Å². The summed E-state index contributed by atoms with van der Waals surface area (Å²) in [5.41, 5.74) is 1.87. The summed E-state index contributed by atoms with van der Waals surface area (Å²) in [6.07, 6.45) is 1.97. The summed E-state index contributed by atoms with van der Waals surface area (Å²) < 4.78 is 34.8. The molecule has 1 aliphatic rings. The van der Waals surface area contributed by atoms with Crippen molar-refractivity contribution in [2.75, 3.05) is 18.5 Å². The number of ether oxygens (including phenoxy) is 2. The Hall–Kier alpha value is -3.73. The molecule has 3 rings (SSSR count). The number of alkyl halides is 2. The number of rotatable bonds is 7. The van der Waals surface area contributed by atoms with Crippen molar-refractivity contribution in [3.63, 3.8) is 0 Å². The topological polar surface area (TPSA) is 74.9 Å². The van der Waals surface area contributed by atoms with Gasteiger partial charge < -0.3 is 14.4 Å². The minimum atomic E-state index is -3.01. The minimum absolute atomic E-state index is 0.0532. The lowest BCUT2D eigenvalue weighted by Crippen LogP contribution is -2.17. The second-order valence-electron chi connectivity index (χ2n) is 6.13. The fraction of sp³-hybridized carbons (Fsp3) is 0.190. The average Bonchev–Trinajstić information content (AvgIpc) is 3.06. The standard InChI is InChI=1S/C21H17F2N3O3/c1-26(12-4-11-24)15-9-7-14(8-10-15)13-17-20(27)29-19(25-17)16-5-2-3-6-18(16)28-21(22)23/h2-3,5-10,13,21H,4,12H2,1H3/b17-13-. The molecule has 29 heavy (non-hydrogen) atoms. The second kappa shape index (κ2) is 8.97. The molecule has 0 radical (unpaired) electrons. The summed E-state index contributed by atoms with van der Waals surface area (Å²) >= 11 is 0. The Labute approximate surface area is 166 Å². The molecule has 1 aliphatic heterocycles. The largest absolute Gasteiger partial charge is 0.434 e. The van der Waals surface area contributed by atoms with E-state index < -0.39 is 12.6 Å². The third-order valence-corrected chi connectivity index (χ3v) is 4.15. The SMILES string of the molecule is CN(CCC#N)c1ccc(/C=C2\N=C(c3ccccc3OC(F)F)OC2=O)cc1. The number of hydrogen-bond donors (Lipinski definition) is 0. The average molecular weight is 397 g/mol. The Balaban J connectivity index is 1.82. The number of halogens is 2. The summed E-state index contributed by atoms with van der Waals surface area (Å²) in [7, 11) is 1.88. The smallest absolute Gasteiger partial charge is 0.387 e. The van der Waals surface area contributed by atoms with Crippen LogP contribution < -0.4 is 9.64 Å². The first-order valence-corrected chi connectivity index (χ1v) is 8.73. The number of anilines is 1. The van der Waals surface area contributed by atoms with Crippen molar-refractivity contribution < 1.29 is 23.0 Å². The van der Waals surface area contributed by atoms with Crippen molar-refractivity contribution in [2.24, 2.45) is 4.99 Å². The first-order chi connectivity index (χ1) is 14.0. The molecule has 0 aromatic heterocycles. The van der Waals surface area contributed by atoms with Crippen LogP contribution in [0, 0.1) is 11.3 Å². The highest BCUT2D eigenvalue weighted by atomic mass is 19.3. The van der Waals surface area contributed by atoms with Gasteiger partial charge in [-0.2, -0.15) is 14.0 Å². The lowest BCUT2D eigenvalue weighted by Gasteiger charge is -2.17. The minimum Gasteiger partial charge on any atom is -0.434 e. The number of carbonyl (C=O) groups excluding carboxylic acids is 1. The lowest BCUT2D eigenvalue weighted by molar-refractivity contribution is -0.129. The fourth-order valence-corrected chi connectivity index (χ4v) is 2.70. The Morgan fingerprint density at radius 1 is 1.24 bits per heavy atom. The Morgan fingerprint density at radius 2 is 1.97 bits per heavy atom. The predicted octanol–water partition coefficient (Wildman–Crippen LogP) is 3.98. The zero-order valence-corrected chi connectivity index (χ0v) is 15.5. The summed E-state index contributed by atoms with van der Waals surface area (Å²) in [5.74, 6) is -0.896. The second-order valence-corrected chi connectivity index (χ2v) is 6.13. The van der Waals surface area contributed by atoms with Gasteiger partial charge in [0.25, 0.3) is 0 Å². The maximum absolute atomic E-state index is 12.6. The van der Waals surface area contributed by atoms with Gasteiger partial charge in [-0.1, -0.05) is 24.3 Å². The molecule has 0 saturated heterocycles. The van der Waals surface area contributed by atoms with Crippen LogP contribution in [-0.4, -0.2) is 32.1 Å². The van der Waals surface area contributed by atoms with Gasteiger partial charge in [-0.15, -0.1) is 0 Å². The van der Waals surface area contributed by atoms with Crippen LogP contribution in [0.15, 0.2) is 59.2 Å². The van der Waals surface area contributed by atoms with Crippen LogP contribution in [0.5, 0.6) is 5.75 Å². The van der Waals surface area contributed by atoms with Crippen LogP contribution in [0.3, 0.4) is 0 Å². The highest BCUT2D eigenvalue weighted by molar-refractivity contribution is 6.13. The molecule has 148 valence electrons. The molecule has 0 aliphatic carbocycles. The van der Waals surface area contributed by atoms with E-state index in [1.165, 1.54) is 18.2 Å². The molecule has 0 fully saturated rings. The van der Waals surface area contributed by atoms with Gasteiger partial charge in [-0.25, -0.2) is 9.79 Å². The van der Waals surface area contributed by atoms with Gasteiger partial charge in [-0.05, 0) is 35.9 Å². The zero-order chi connectivity index (χ0) is 20.8. The molecule has 2 aromatic carbocycles. The number of para-hydroxylation sites is 1. The third-order valence-electron chi connectivity index (χ3n) is 4.15. The van der Waals surface area contributed by atoms with Crippen molar-refractivity contribution in [2.45, 2.75) is 13.0 Å². The summed E-state index contributed by atoms with van der Waals surface area (Å²) in [6.45, 7) is -2.40. The van der Waals surface area contributed by atoms with Crippen molar-refractivity contribution in [3.8, 4) is 11.8 Å². The van der Waals surface area contributed by atoms with Crippen molar-refractivity contribution >= 4 is 23.6 Å². The van der Waals surface area contributed by atoms with E-state index in [1.807, 2.05) is 24.1 Å². The van der Waals surface area contributed by atoms with Crippen molar-refractivity contribution in [1.82, 2.24) is 0 Å². The maximum atomic E-state index is 12.6. The first-order valence-electron chi connectivity index (χ1n) is 8.73. The number of nitrogens with zero attached hydrogens (tertiary/aromatic N) is 3. The zero-order valence-electron chi connectivity index (χ0n) is 15.5. The first kappa shape index (κ1) is 20.0. The van der Waals surface area contributed by atoms with E-state index in [0.29, 0.717) is 13.0 Å². The quantitative estimate of drug-likeness (QED) is 0.522. The van der Waals surface area contributed by atoms with E-state index in [9.17, 15) is 13.6 Å². The summed E-state index contributed by atoms with van der Waals surface area (Å²) in [4.78, 5) is 18.2. The van der Waals surface area contributed by atoms with Gasteiger partial charge >= 0.3 is 12.6 Å². The fourth-order valence-electron chi connectivity index (χ4n) is 2.70. The highest BCUT2D eigenvalue weighted by Gasteiger charge is 2.26. The molecule has 0 N–H and O–H groups in total. The normalized spacial score (nSPS) is 14.5. The maximum Gasteiger partial charge on any atom is 0.387 e. The number of esters is 1. The highest BCUT2D eigenvalue weighted by Crippen LogP contribution is 2.26. The van der Waals surface area contributed by atoms with E-state index in [1.54, 1.807) is 24.3 Å². The van der Waals surface area contributed by atoms with E-state index in [0.717, 1.165) is 11.3 Å². The van der Waals surface area contributed by atoms with Crippen molar-refractivity contribution in [1.29, 1.82) is 5.26 Å². The predicted molar refractivity (Wildman–Crippen MR) is 104 cm³/mol. The van der Waals surface area contributed by atoms with Gasteiger partial charge in [-0.3, -0.25) is 0 Å². The molecule has 0 spiro atoms. The number of nitriles is 1. The van der Waals surface area contributed by atoms with Crippen LogP contribution in [0.1, 0.15) is 17.5 Å². The van der Waals surface area contributed by atoms with Gasteiger partial charge in [0.1, 0.15) is 5.75 Å². The van der Waals surface area contributed by atoms with E-state index >= 15 is 0 Å². The van der Waals surface area contributed by atoms with Crippen LogP contribution in [0.25, 0.3) is 6.08 Å². The molecule has 0 bridgehead atoms. The van der Waals surface area contributed by atoms with E-state index in [-0.39, 0.29) is 22.9 Å². The monoisotopic (exact) mass is 397 g/mol. The molecular formula is C21H17F2N3O3. The van der Waals surface area contributed by atoms with Crippen LogP contribution >= 0.6 is 0 Å². The Kier molecular flexibility index (Phi) is 6.19. The molecule has 2 aromatic rings. The summed E-state index contributed by atoms with van der Waals surface area (Å²) in [5, 5.41) is 8.67. The van der Waals surface area contributed by atoms with E-state index in [4.69, 9.17) is 10.00 Å². The molecule has 8 heteroatoms. The Morgan fingerprint density at radius 3 is 2.66 bits per heavy atom. The molecular weight excluding hydrogens is 380 g/mol. The number of hydrogen-bond acceptors (Lipinski definition) is 6. The summed E-state index contributed by atoms with van der Waals surface area (Å²) in [6, 6.07) is 15.4. The van der Waals surface area contributed by atoms with Gasteiger partial charge in [0.15, 0.2) is 5.70 Å². The molecule has 0 atom stereocenters. The molecule has 6 nitrogen and oxygen atoms in total. The van der Waals surface area contributed by atoms with E-state index in [2.05, 4.69) is 15.8 Å². The van der Waals surface area contributed by atoms with Crippen LogP contribution in [0.2, 0.25) is 0 Å². The third kappa shape index (κ3) is 4.96. The van der Waals surface area contributed by atoms with Crippen LogP contribution in [-0.2, 0) is 9.53 Å². The van der Waals surface area contributed by atoms with Gasteiger partial charge in [0, 0.05) is 19.3 Å². The molecule has 0 unspecified atom stereocenters. The lowest BCUT2D eigenvalue weighted by atomic mass is 10.1. The molecule has 0 amide bonds. The number of benzene rings is 2. The van der Waals surface area contributed by atoms with Gasteiger partial charge in [0.05, 0.1) is 18.1 Å². The number of aliphatic imine (C=N–C) groups is 1. The molecule has 1 heterocycles. The number of cyclic esters (lactones) is 1.